The predicted octanol–water partition coefficient (Wildman–Crippen LogP) is 2.71. The molecule has 0 aliphatic carbocycles. The molecule has 0 radical (unpaired) electrons. The van der Waals surface area contributed by atoms with Crippen LogP contribution in [0, 0.1) is 0 Å². The Morgan fingerprint density at radius 1 is 1.13 bits per heavy atom. The number of nitrogens with zero attached hydrogens (tertiary/aromatic N) is 1. The Hall–Kier alpha value is -2.43. The summed E-state index contributed by atoms with van der Waals surface area (Å²) in [6.07, 6.45) is -5.47. The van der Waals surface area contributed by atoms with Crippen LogP contribution in [0.3, 0.4) is 0 Å². The fourth-order valence-electron chi connectivity index (χ4n) is 3.49. The lowest BCUT2D eigenvalue weighted by Gasteiger charge is -2.24. The van der Waals surface area contributed by atoms with Crippen molar-refractivity contribution >= 4 is 15.9 Å². The van der Waals surface area contributed by atoms with Crippen molar-refractivity contribution in [3.05, 3.63) is 65.7 Å². The number of aliphatic hydroxyl groups excluding tert-OH is 1. The normalized spacial score (nSPS) is 18.9. The lowest BCUT2D eigenvalue weighted by Crippen LogP contribution is -2.46. The first-order chi connectivity index (χ1) is 14.1. The molecule has 30 heavy (non-hydrogen) atoms. The second-order valence-electron chi connectivity index (χ2n) is 6.93. The third-order valence-corrected chi connectivity index (χ3v) is 6.87. The van der Waals surface area contributed by atoms with Gasteiger partial charge in [0.15, 0.2) is 0 Å². The van der Waals surface area contributed by atoms with Crippen LogP contribution in [0.4, 0.5) is 13.2 Å². The molecule has 0 saturated carbocycles. The minimum atomic E-state index is -4.65. The number of rotatable bonds is 6. The van der Waals surface area contributed by atoms with Gasteiger partial charge in [-0.3, -0.25) is 4.79 Å². The number of halogens is 3. The summed E-state index contributed by atoms with van der Waals surface area (Å²) in [7, 11) is -3.89. The molecule has 2 aromatic rings. The van der Waals surface area contributed by atoms with Crippen molar-refractivity contribution in [2.24, 2.45) is 0 Å². The van der Waals surface area contributed by atoms with Gasteiger partial charge in [-0.15, -0.1) is 0 Å². The van der Waals surface area contributed by atoms with E-state index < -0.39 is 46.4 Å². The fraction of sp³-hybridized carbons (Fsp3) is 0.350. The summed E-state index contributed by atoms with van der Waals surface area (Å²) in [5.41, 5.74) is -1.34. The first kappa shape index (κ1) is 22.3. The quantitative estimate of drug-likeness (QED) is 0.720. The molecule has 1 fully saturated rings. The Bertz CT molecular complexity index is 997. The molecule has 3 rings (SSSR count). The Labute approximate surface area is 172 Å². The van der Waals surface area contributed by atoms with E-state index in [-0.39, 0.29) is 23.4 Å². The smallest absolute Gasteiger partial charge is 0.387 e. The number of amides is 1. The van der Waals surface area contributed by atoms with Crippen LogP contribution in [0.15, 0.2) is 59.5 Å². The molecule has 1 aliphatic rings. The maximum Gasteiger partial charge on any atom is 0.416 e. The van der Waals surface area contributed by atoms with Crippen molar-refractivity contribution in [3.8, 4) is 0 Å². The lowest BCUT2D eigenvalue weighted by molar-refractivity contribution is -0.139. The van der Waals surface area contributed by atoms with Crippen LogP contribution in [0.5, 0.6) is 0 Å². The SMILES string of the molecule is O=C(NCC(O)c1ccccc1C(F)(F)F)C1CCCN1S(=O)(=O)c1ccccc1. The summed E-state index contributed by atoms with van der Waals surface area (Å²) in [6.45, 7) is -0.309. The summed E-state index contributed by atoms with van der Waals surface area (Å²) in [6, 6.07) is 11.3. The number of carbonyl (C=O) groups excluding carboxylic acids is 1. The molecule has 1 heterocycles. The molecule has 0 spiro atoms. The molecule has 0 aromatic heterocycles. The van der Waals surface area contributed by atoms with Gasteiger partial charge in [0.2, 0.25) is 15.9 Å². The van der Waals surface area contributed by atoms with Gasteiger partial charge in [0.25, 0.3) is 0 Å². The van der Waals surface area contributed by atoms with E-state index in [1.54, 1.807) is 18.2 Å². The molecule has 162 valence electrons. The van der Waals surface area contributed by atoms with Crippen molar-refractivity contribution in [1.29, 1.82) is 0 Å². The number of sulfonamides is 1. The van der Waals surface area contributed by atoms with Crippen molar-refractivity contribution in [2.45, 2.75) is 36.1 Å². The first-order valence-corrected chi connectivity index (χ1v) is 10.7. The van der Waals surface area contributed by atoms with Gasteiger partial charge >= 0.3 is 6.18 Å². The van der Waals surface area contributed by atoms with Crippen molar-refractivity contribution in [2.75, 3.05) is 13.1 Å². The first-order valence-electron chi connectivity index (χ1n) is 9.31. The molecule has 1 aliphatic heterocycles. The molecule has 6 nitrogen and oxygen atoms in total. The topological polar surface area (TPSA) is 86.7 Å². The Kier molecular flexibility index (Phi) is 6.49. The van der Waals surface area contributed by atoms with E-state index in [4.69, 9.17) is 0 Å². The van der Waals surface area contributed by atoms with Crippen LogP contribution < -0.4 is 5.32 Å². The molecule has 0 bridgehead atoms. The summed E-state index contributed by atoms with van der Waals surface area (Å²) in [5.74, 6) is -0.657. The van der Waals surface area contributed by atoms with Gasteiger partial charge in [0, 0.05) is 13.1 Å². The van der Waals surface area contributed by atoms with Crippen LogP contribution in [0.25, 0.3) is 0 Å². The molecule has 2 atom stereocenters. The highest BCUT2D eigenvalue weighted by Gasteiger charge is 2.40. The summed E-state index contributed by atoms with van der Waals surface area (Å²) >= 11 is 0. The molecule has 2 N–H and O–H groups in total. The van der Waals surface area contributed by atoms with E-state index in [1.807, 2.05) is 0 Å². The number of alkyl halides is 3. The van der Waals surface area contributed by atoms with E-state index in [0.717, 1.165) is 16.4 Å². The number of hydrogen-bond acceptors (Lipinski definition) is 4. The van der Waals surface area contributed by atoms with Gasteiger partial charge in [-0.25, -0.2) is 8.42 Å². The van der Waals surface area contributed by atoms with Crippen molar-refractivity contribution in [1.82, 2.24) is 9.62 Å². The number of aliphatic hydroxyl groups is 1. The zero-order chi connectivity index (χ0) is 21.9. The van der Waals surface area contributed by atoms with E-state index in [0.29, 0.717) is 6.42 Å². The second kappa shape index (κ2) is 8.75. The highest BCUT2D eigenvalue weighted by molar-refractivity contribution is 7.89. The zero-order valence-electron chi connectivity index (χ0n) is 15.8. The van der Waals surface area contributed by atoms with E-state index in [9.17, 15) is 31.5 Å². The molecule has 2 unspecified atom stereocenters. The maximum atomic E-state index is 13.1. The minimum Gasteiger partial charge on any atom is -0.387 e. The molecule has 2 aromatic carbocycles. The van der Waals surface area contributed by atoms with Gasteiger partial charge in [0.05, 0.1) is 16.6 Å². The Morgan fingerprint density at radius 2 is 1.77 bits per heavy atom. The monoisotopic (exact) mass is 442 g/mol. The van der Waals surface area contributed by atoms with E-state index in [1.165, 1.54) is 24.3 Å². The molecular weight excluding hydrogens is 421 g/mol. The number of nitrogens with one attached hydrogen (secondary N) is 1. The number of carbonyl (C=O) groups is 1. The molecule has 10 heteroatoms. The third kappa shape index (κ3) is 4.66. The van der Waals surface area contributed by atoms with Crippen LogP contribution in [-0.2, 0) is 21.0 Å². The van der Waals surface area contributed by atoms with Gasteiger partial charge in [-0.05, 0) is 36.6 Å². The maximum absolute atomic E-state index is 13.1. The van der Waals surface area contributed by atoms with E-state index >= 15 is 0 Å². The number of hydrogen-bond donors (Lipinski definition) is 2. The largest absolute Gasteiger partial charge is 0.416 e. The fourth-order valence-corrected chi connectivity index (χ4v) is 5.17. The van der Waals surface area contributed by atoms with Crippen LogP contribution in [-0.4, -0.2) is 42.9 Å². The van der Waals surface area contributed by atoms with Gasteiger partial charge in [0.1, 0.15) is 6.04 Å². The number of benzene rings is 2. The van der Waals surface area contributed by atoms with Gasteiger partial charge < -0.3 is 10.4 Å². The summed E-state index contributed by atoms with van der Waals surface area (Å²) in [4.78, 5) is 12.7. The average Bonchev–Trinajstić information content (AvgIpc) is 3.23. The van der Waals surface area contributed by atoms with Crippen LogP contribution in [0.2, 0.25) is 0 Å². The molecular formula is C20H21F3N2O4S. The van der Waals surface area contributed by atoms with Gasteiger partial charge in [-0.1, -0.05) is 36.4 Å². The zero-order valence-corrected chi connectivity index (χ0v) is 16.7. The minimum absolute atomic E-state index is 0.0591. The second-order valence-corrected chi connectivity index (χ2v) is 8.82. The van der Waals surface area contributed by atoms with Gasteiger partial charge in [-0.2, -0.15) is 17.5 Å². The van der Waals surface area contributed by atoms with E-state index in [2.05, 4.69) is 5.32 Å². The summed E-state index contributed by atoms with van der Waals surface area (Å²) in [5, 5.41) is 12.6. The Morgan fingerprint density at radius 3 is 2.43 bits per heavy atom. The highest BCUT2D eigenvalue weighted by atomic mass is 32.2. The van der Waals surface area contributed by atoms with Crippen molar-refractivity contribution < 1.29 is 31.5 Å². The standard InChI is InChI=1S/C20H21F3N2O4S/c21-20(22,23)16-10-5-4-9-15(16)18(26)13-24-19(27)17-11-6-12-25(17)30(28,29)14-7-2-1-3-8-14/h1-5,7-10,17-18,26H,6,11-13H2,(H,24,27). The van der Waals surface area contributed by atoms with Crippen LogP contribution >= 0.6 is 0 Å². The third-order valence-electron chi connectivity index (χ3n) is 4.95. The highest BCUT2D eigenvalue weighted by Crippen LogP contribution is 2.34. The van der Waals surface area contributed by atoms with Crippen molar-refractivity contribution in [3.63, 3.8) is 0 Å². The lowest BCUT2D eigenvalue weighted by atomic mass is 10.0. The molecule has 1 saturated heterocycles. The molecule has 1 amide bonds. The predicted molar refractivity (Wildman–Crippen MR) is 103 cm³/mol. The summed E-state index contributed by atoms with van der Waals surface area (Å²) < 4.78 is 66.1. The Balaban J connectivity index is 1.71. The van der Waals surface area contributed by atoms with Crippen LogP contribution in [0.1, 0.15) is 30.1 Å². The average molecular weight is 442 g/mol.